The van der Waals surface area contributed by atoms with Crippen LogP contribution in [0.2, 0.25) is 0 Å². The molecule has 0 aliphatic heterocycles. The lowest BCUT2D eigenvalue weighted by Crippen LogP contribution is -2.02. The van der Waals surface area contributed by atoms with Crippen LogP contribution in [0.25, 0.3) is 0 Å². The molecular weight excluding hydrogens is 211 g/mol. The van der Waals surface area contributed by atoms with Gasteiger partial charge in [0.2, 0.25) is 0 Å². The fourth-order valence-electron chi connectivity index (χ4n) is 0.923. The Morgan fingerprint density at radius 1 is 1.13 bits per heavy atom. The van der Waals surface area contributed by atoms with Crippen molar-refractivity contribution >= 4 is 7.60 Å². The number of hydrogen-bond donors (Lipinski definition) is 0. The van der Waals surface area contributed by atoms with E-state index >= 15 is 0 Å². The first-order chi connectivity index (χ1) is 6.83. The van der Waals surface area contributed by atoms with Gasteiger partial charge in [-0.2, -0.15) is 0 Å². The zero-order chi connectivity index (χ0) is 11.9. The van der Waals surface area contributed by atoms with Crippen molar-refractivity contribution in [3.05, 3.63) is 0 Å². The van der Waals surface area contributed by atoms with Crippen molar-refractivity contribution in [1.29, 1.82) is 0 Å². The zero-order valence-corrected chi connectivity index (χ0v) is 11.2. The Labute approximate surface area is 93.1 Å². The summed E-state index contributed by atoms with van der Waals surface area (Å²) in [6.45, 7) is 10.4. The molecular formula is C11H21O3P. The van der Waals surface area contributed by atoms with Crippen LogP contribution in [0.3, 0.4) is 0 Å². The lowest BCUT2D eigenvalue weighted by Gasteiger charge is -2.14. The lowest BCUT2D eigenvalue weighted by atomic mass is 9.98. The van der Waals surface area contributed by atoms with E-state index in [0.29, 0.717) is 13.2 Å². The molecule has 0 bridgehead atoms. The molecule has 15 heavy (non-hydrogen) atoms. The molecule has 0 aliphatic rings. The first-order valence-corrected chi connectivity index (χ1v) is 6.94. The van der Waals surface area contributed by atoms with Gasteiger partial charge in [0.15, 0.2) is 0 Å². The minimum Gasteiger partial charge on any atom is -0.308 e. The predicted molar refractivity (Wildman–Crippen MR) is 63.0 cm³/mol. The molecule has 88 valence electrons. The molecule has 0 aromatic heterocycles. The second kappa shape index (κ2) is 6.33. The summed E-state index contributed by atoms with van der Waals surface area (Å²) in [6.07, 6.45) is 0.173. The Kier molecular flexibility index (Phi) is 6.20. The summed E-state index contributed by atoms with van der Waals surface area (Å²) >= 11 is 0. The normalized spacial score (nSPS) is 12.1. The standard InChI is InChI=1S/C11H21O3P/c1-6-13-15(12,14-7-2)10-8-9-11(3,4)5/h6-7,10H2,1-5H3. The van der Waals surface area contributed by atoms with Crippen LogP contribution >= 0.6 is 7.60 Å². The minimum atomic E-state index is -2.98. The zero-order valence-electron chi connectivity index (χ0n) is 10.3. The van der Waals surface area contributed by atoms with Crippen molar-refractivity contribution in [2.24, 2.45) is 5.41 Å². The van der Waals surface area contributed by atoms with Gasteiger partial charge < -0.3 is 9.05 Å². The second-order valence-corrected chi connectivity index (χ2v) is 6.21. The maximum atomic E-state index is 12.0. The van der Waals surface area contributed by atoms with Gasteiger partial charge in [-0.25, -0.2) is 0 Å². The highest BCUT2D eigenvalue weighted by molar-refractivity contribution is 7.54. The van der Waals surface area contributed by atoms with Crippen molar-refractivity contribution in [2.45, 2.75) is 34.6 Å². The van der Waals surface area contributed by atoms with E-state index in [0.717, 1.165) is 0 Å². The van der Waals surface area contributed by atoms with E-state index in [2.05, 4.69) is 11.8 Å². The van der Waals surface area contributed by atoms with Gasteiger partial charge in [0.05, 0.1) is 13.2 Å². The summed E-state index contributed by atoms with van der Waals surface area (Å²) in [5.41, 5.74) is -0.0801. The average molecular weight is 232 g/mol. The summed E-state index contributed by atoms with van der Waals surface area (Å²) in [4.78, 5) is 0. The van der Waals surface area contributed by atoms with Crippen LogP contribution in [0.1, 0.15) is 34.6 Å². The molecule has 0 amide bonds. The van der Waals surface area contributed by atoms with Crippen molar-refractivity contribution in [1.82, 2.24) is 0 Å². The first kappa shape index (κ1) is 14.7. The number of hydrogen-bond acceptors (Lipinski definition) is 3. The van der Waals surface area contributed by atoms with E-state index in [1.165, 1.54) is 0 Å². The maximum absolute atomic E-state index is 12.0. The van der Waals surface area contributed by atoms with E-state index in [4.69, 9.17) is 9.05 Å². The summed E-state index contributed by atoms with van der Waals surface area (Å²) in [6, 6.07) is 0. The molecule has 0 atom stereocenters. The van der Waals surface area contributed by atoms with Crippen LogP contribution in [-0.4, -0.2) is 19.4 Å². The van der Waals surface area contributed by atoms with Gasteiger partial charge in [-0.05, 0) is 34.6 Å². The van der Waals surface area contributed by atoms with Crippen LogP contribution in [0, 0.1) is 17.3 Å². The molecule has 4 heteroatoms. The van der Waals surface area contributed by atoms with E-state index < -0.39 is 7.60 Å². The van der Waals surface area contributed by atoms with Crippen LogP contribution in [0.5, 0.6) is 0 Å². The van der Waals surface area contributed by atoms with E-state index in [1.54, 1.807) is 13.8 Å². The molecule has 0 radical (unpaired) electrons. The molecule has 0 aliphatic carbocycles. The lowest BCUT2D eigenvalue weighted by molar-refractivity contribution is 0.223. The van der Waals surface area contributed by atoms with Crippen LogP contribution in [0.4, 0.5) is 0 Å². The Bertz CT molecular complexity index is 270. The summed E-state index contributed by atoms with van der Waals surface area (Å²) in [7, 11) is -2.98. The summed E-state index contributed by atoms with van der Waals surface area (Å²) < 4.78 is 22.2. The van der Waals surface area contributed by atoms with Gasteiger partial charge >= 0.3 is 7.60 Å². The molecule has 3 nitrogen and oxygen atoms in total. The fraction of sp³-hybridized carbons (Fsp3) is 0.818. The summed E-state index contributed by atoms with van der Waals surface area (Å²) in [5, 5.41) is 0. The van der Waals surface area contributed by atoms with E-state index in [1.807, 2.05) is 20.8 Å². The Morgan fingerprint density at radius 3 is 1.93 bits per heavy atom. The Balaban J connectivity index is 4.41. The average Bonchev–Trinajstić information content (AvgIpc) is 2.01. The third kappa shape index (κ3) is 7.62. The molecule has 0 rings (SSSR count). The molecule has 0 spiro atoms. The van der Waals surface area contributed by atoms with Gasteiger partial charge in [-0.1, -0.05) is 11.8 Å². The third-order valence-corrected chi connectivity index (χ3v) is 3.24. The minimum absolute atomic E-state index is 0.0801. The molecule has 0 saturated heterocycles. The Hall–Kier alpha value is -0.290. The van der Waals surface area contributed by atoms with Gasteiger partial charge in [0.25, 0.3) is 0 Å². The Morgan fingerprint density at radius 2 is 1.60 bits per heavy atom. The highest BCUT2D eigenvalue weighted by Crippen LogP contribution is 2.47. The van der Waals surface area contributed by atoms with Gasteiger partial charge in [0, 0.05) is 5.41 Å². The molecule has 0 aromatic rings. The van der Waals surface area contributed by atoms with Crippen molar-refractivity contribution in [3.8, 4) is 11.8 Å². The van der Waals surface area contributed by atoms with Gasteiger partial charge in [0.1, 0.15) is 6.16 Å². The quantitative estimate of drug-likeness (QED) is 0.539. The maximum Gasteiger partial charge on any atom is 0.342 e. The van der Waals surface area contributed by atoms with E-state index in [-0.39, 0.29) is 11.6 Å². The second-order valence-electron chi connectivity index (χ2n) is 4.16. The molecule has 0 aromatic carbocycles. The van der Waals surface area contributed by atoms with Crippen LogP contribution in [0.15, 0.2) is 0 Å². The molecule has 0 fully saturated rings. The molecule has 0 heterocycles. The molecule has 0 saturated carbocycles. The number of rotatable bonds is 5. The van der Waals surface area contributed by atoms with Crippen LogP contribution < -0.4 is 0 Å². The predicted octanol–water partition coefficient (Wildman–Crippen LogP) is 3.30. The molecule has 0 N–H and O–H groups in total. The van der Waals surface area contributed by atoms with Crippen molar-refractivity contribution in [2.75, 3.05) is 19.4 Å². The van der Waals surface area contributed by atoms with Gasteiger partial charge in [-0.3, -0.25) is 4.57 Å². The highest BCUT2D eigenvalue weighted by Gasteiger charge is 2.21. The topological polar surface area (TPSA) is 35.5 Å². The molecule has 0 unspecified atom stereocenters. The largest absolute Gasteiger partial charge is 0.342 e. The summed E-state index contributed by atoms with van der Waals surface area (Å²) in [5.74, 6) is 5.88. The highest BCUT2D eigenvalue weighted by atomic mass is 31.2. The van der Waals surface area contributed by atoms with Gasteiger partial charge in [-0.15, -0.1) is 0 Å². The fourth-order valence-corrected chi connectivity index (χ4v) is 2.24. The van der Waals surface area contributed by atoms with E-state index in [9.17, 15) is 4.57 Å². The van der Waals surface area contributed by atoms with Crippen molar-refractivity contribution < 1.29 is 13.6 Å². The SMILES string of the molecule is CCOP(=O)(CC#CC(C)(C)C)OCC. The monoisotopic (exact) mass is 232 g/mol. The first-order valence-electron chi connectivity index (χ1n) is 5.21. The van der Waals surface area contributed by atoms with Crippen molar-refractivity contribution in [3.63, 3.8) is 0 Å². The van der Waals surface area contributed by atoms with Crippen LogP contribution in [-0.2, 0) is 13.6 Å². The smallest absolute Gasteiger partial charge is 0.308 e. The third-order valence-electron chi connectivity index (χ3n) is 1.39.